The number of aliphatic hydroxyl groups is 1. The molecule has 3 amide bonds. The summed E-state index contributed by atoms with van der Waals surface area (Å²) in [7, 11) is 1.58. The highest BCUT2D eigenvalue weighted by Gasteiger charge is 2.77. The first-order chi connectivity index (χ1) is 18.3. The van der Waals surface area contributed by atoms with Crippen LogP contribution < -0.4 is 15.4 Å². The highest BCUT2D eigenvalue weighted by molar-refractivity contribution is 8.02. The molecule has 5 rings (SSSR count). The van der Waals surface area contributed by atoms with E-state index in [4.69, 9.17) is 4.74 Å². The first-order valence-electron chi connectivity index (χ1n) is 13.2. The maximum Gasteiger partial charge on any atom is 0.248 e. The summed E-state index contributed by atoms with van der Waals surface area (Å²) < 4.78 is 4.03. The smallest absolute Gasteiger partial charge is 0.248 e. The Labute approximate surface area is 227 Å². The van der Waals surface area contributed by atoms with Crippen molar-refractivity contribution in [2.24, 2.45) is 11.8 Å². The number of amides is 3. The van der Waals surface area contributed by atoms with Crippen LogP contribution in [0, 0.1) is 11.8 Å². The molecular weight excluding hydrogens is 502 g/mol. The Balaban J connectivity index is 1.47. The van der Waals surface area contributed by atoms with Gasteiger partial charge in [-0.15, -0.1) is 11.8 Å². The number of benzene rings is 2. The van der Waals surface area contributed by atoms with Crippen molar-refractivity contribution < 1.29 is 24.2 Å². The Hall–Kier alpha value is -3.04. The zero-order valence-electron chi connectivity index (χ0n) is 22.0. The largest absolute Gasteiger partial charge is 0.497 e. The van der Waals surface area contributed by atoms with E-state index in [2.05, 4.69) is 17.6 Å². The number of rotatable bonds is 9. The molecule has 3 aliphatic rings. The Bertz CT molecular complexity index is 1200. The predicted octanol–water partition coefficient (Wildman–Crippen LogP) is 3.20. The number of carbonyl (C=O) groups excluding carboxylic acids is 3. The third-order valence-corrected chi connectivity index (χ3v) is 10.5. The summed E-state index contributed by atoms with van der Waals surface area (Å²) in [6.45, 7) is 4.08. The van der Waals surface area contributed by atoms with Gasteiger partial charge in [0.2, 0.25) is 17.7 Å². The van der Waals surface area contributed by atoms with Crippen molar-refractivity contribution in [1.29, 1.82) is 0 Å². The fourth-order valence-corrected chi connectivity index (χ4v) is 8.99. The number of anilines is 1. The Morgan fingerprint density at radius 1 is 1.13 bits per heavy atom. The van der Waals surface area contributed by atoms with Crippen LogP contribution in [0.15, 0.2) is 54.6 Å². The number of aliphatic hydroxyl groups excluding tert-OH is 1. The molecule has 6 atom stereocenters. The van der Waals surface area contributed by atoms with E-state index >= 15 is 0 Å². The maximum atomic E-state index is 14.1. The number of nitrogens with zero attached hydrogens (tertiary/aromatic N) is 1. The minimum absolute atomic E-state index is 0.156. The van der Waals surface area contributed by atoms with E-state index in [0.717, 1.165) is 12.0 Å². The van der Waals surface area contributed by atoms with E-state index in [0.29, 0.717) is 30.8 Å². The monoisotopic (exact) mass is 537 g/mol. The second kappa shape index (κ2) is 10.3. The standard InChI is InChI=1S/C29H35N3O5S/c1-4-20(17-33)32-24(26(35)31-19-10-12-21(37-3)13-11-19)29-15-14-28(2,38-29)22(23(29)27(32)36)25(34)30-16-18-8-6-5-7-9-18/h5-13,20,22-24,33H,4,14-17H2,1-3H3,(H,30,34)(H,31,35)/t20-,22-,23-,24?,28+,29?/m0/s1. The van der Waals surface area contributed by atoms with Gasteiger partial charge in [-0.1, -0.05) is 37.3 Å². The topological polar surface area (TPSA) is 108 Å². The summed E-state index contributed by atoms with van der Waals surface area (Å²) in [5, 5.41) is 16.3. The quantitative estimate of drug-likeness (QED) is 0.454. The van der Waals surface area contributed by atoms with Crippen molar-refractivity contribution >= 4 is 35.2 Å². The lowest BCUT2D eigenvalue weighted by Crippen LogP contribution is -2.54. The van der Waals surface area contributed by atoms with Crippen molar-refractivity contribution in [3.05, 3.63) is 60.2 Å². The fraction of sp³-hybridized carbons (Fsp3) is 0.483. The summed E-state index contributed by atoms with van der Waals surface area (Å²) in [6.07, 6.45) is 1.90. The van der Waals surface area contributed by atoms with Gasteiger partial charge in [0, 0.05) is 17.0 Å². The van der Waals surface area contributed by atoms with Crippen LogP contribution in [-0.4, -0.2) is 63.0 Å². The van der Waals surface area contributed by atoms with Crippen molar-refractivity contribution in [3.63, 3.8) is 0 Å². The average molecular weight is 538 g/mol. The van der Waals surface area contributed by atoms with Gasteiger partial charge in [-0.3, -0.25) is 14.4 Å². The lowest BCUT2D eigenvalue weighted by Gasteiger charge is -2.36. The van der Waals surface area contributed by atoms with Crippen LogP contribution in [0.3, 0.4) is 0 Å². The molecule has 3 saturated heterocycles. The molecule has 2 aromatic carbocycles. The third kappa shape index (κ3) is 4.25. The molecule has 0 radical (unpaired) electrons. The summed E-state index contributed by atoms with van der Waals surface area (Å²) >= 11 is 1.62. The number of likely N-dealkylation sites (tertiary alicyclic amines) is 1. The number of thioether (sulfide) groups is 1. The molecule has 3 aliphatic heterocycles. The molecule has 0 aromatic heterocycles. The molecule has 202 valence electrons. The minimum atomic E-state index is -0.794. The number of carbonyl (C=O) groups is 3. The molecule has 0 aliphatic carbocycles. The Kier molecular flexibility index (Phi) is 7.17. The highest BCUT2D eigenvalue weighted by Crippen LogP contribution is 2.71. The third-order valence-electron chi connectivity index (χ3n) is 8.49. The van der Waals surface area contributed by atoms with Gasteiger partial charge in [-0.2, -0.15) is 0 Å². The first-order valence-corrected chi connectivity index (χ1v) is 14.0. The van der Waals surface area contributed by atoms with Crippen LogP contribution in [0.1, 0.15) is 38.7 Å². The van der Waals surface area contributed by atoms with Crippen molar-refractivity contribution in [2.45, 2.75) is 61.2 Å². The lowest BCUT2D eigenvalue weighted by atomic mass is 9.66. The Morgan fingerprint density at radius 3 is 2.47 bits per heavy atom. The maximum absolute atomic E-state index is 14.1. The van der Waals surface area contributed by atoms with Gasteiger partial charge < -0.3 is 25.4 Å². The van der Waals surface area contributed by atoms with Crippen molar-refractivity contribution in [2.75, 3.05) is 19.0 Å². The van der Waals surface area contributed by atoms with Gasteiger partial charge in [0.15, 0.2) is 0 Å². The molecule has 2 aromatic rings. The lowest BCUT2D eigenvalue weighted by molar-refractivity contribution is -0.142. The summed E-state index contributed by atoms with van der Waals surface area (Å²) in [6, 6.07) is 15.4. The molecule has 9 heteroatoms. The number of hydrogen-bond donors (Lipinski definition) is 3. The first kappa shape index (κ1) is 26.6. The van der Waals surface area contributed by atoms with Crippen LogP contribution in [0.5, 0.6) is 5.75 Å². The number of hydrogen-bond acceptors (Lipinski definition) is 6. The zero-order valence-corrected chi connectivity index (χ0v) is 22.8. The molecule has 3 fully saturated rings. The van der Waals surface area contributed by atoms with Crippen molar-refractivity contribution in [1.82, 2.24) is 10.2 Å². The summed E-state index contributed by atoms with van der Waals surface area (Å²) in [5.74, 6) is -1.18. The molecule has 3 N–H and O–H groups in total. The van der Waals surface area contributed by atoms with Crippen LogP contribution in [0.2, 0.25) is 0 Å². The zero-order chi connectivity index (χ0) is 27.1. The van der Waals surface area contributed by atoms with Crippen LogP contribution in [-0.2, 0) is 20.9 Å². The van der Waals surface area contributed by atoms with E-state index in [9.17, 15) is 19.5 Å². The van der Waals surface area contributed by atoms with E-state index in [-0.39, 0.29) is 24.3 Å². The van der Waals surface area contributed by atoms with Crippen LogP contribution >= 0.6 is 11.8 Å². The molecule has 1 spiro atoms. The summed E-state index contributed by atoms with van der Waals surface area (Å²) in [4.78, 5) is 43.4. The van der Waals surface area contributed by atoms with E-state index in [1.807, 2.05) is 37.3 Å². The molecule has 38 heavy (non-hydrogen) atoms. The van der Waals surface area contributed by atoms with Gasteiger partial charge in [0.25, 0.3) is 0 Å². The molecule has 2 bridgehead atoms. The molecule has 0 saturated carbocycles. The Morgan fingerprint density at radius 2 is 1.84 bits per heavy atom. The number of methoxy groups -OCH3 is 1. The van der Waals surface area contributed by atoms with E-state index in [1.54, 1.807) is 48.0 Å². The van der Waals surface area contributed by atoms with Gasteiger partial charge in [-0.05, 0) is 56.0 Å². The van der Waals surface area contributed by atoms with E-state index in [1.165, 1.54) is 0 Å². The second-order valence-corrected chi connectivity index (χ2v) is 12.5. The van der Waals surface area contributed by atoms with Gasteiger partial charge in [-0.25, -0.2) is 0 Å². The highest BCUT2D eigenvalue weighted by atomic mass is 32.2. The second-order valence-electron chi connectivity index (χ2n) is 10.6. The SMILES string of the molecule is CC[C@@H](CO)N1C(=O)[C@@H]2[C@@H](C(=O)NCc3ccccc3)[C@@]3(C)CCC2(S3)C1C(=O)Nc1ccc(OC)cc1. The van der Waals surface area contributed by atoms with Gasteiger partial charge >= 0.3 is 0 Å². The van der Waals surface area contributed by atoms with Gasteiger partial charge in [0.1, 0.15) is 11.8 Å². The molecule has 2 unspecified atom stereocenters. The van der Waals surface area contributed by atoms with Crippen LogP contribution in [0.4, 0.5) is 5.69 Å². The number of nitrogens with one attached hydrogen (secondary N) is 2. The minimum Gasteiger partial charge on any atom is -0.497 e. The molecular formula is C29H35N3O5S. The fourth-order valence-electron chi connectivity index (χ4n) is 6.65. The molecule has 3 heterocycles. The summed E-state index contributed by atoms with van der Waals surface area (Å²) in [5.41, 5.74) is 1.58. The average Bonchev–Trinajstić information content (AvgIpc) is 3.50. The van der Waals surface area contributed by atoms with Gasteiger partial charge in [0.05, 0.1) is 36.3 Å². The predicted molar refractivity (Wildman–Crippen MR) is 147 cm³/mol. The van der Waals surface area contributed by atoms with Crippen LogP contribution in [0.25, 0.3) is 0 Å². The van der Waals surface area contributed by atoms with E-state index < -0.39 is 33.4 Å². The number of fused-ring (bicyclic) bond motifs is 1. The number of ether oxygens (including phenoxy) is 1. The molecule has 8 nitrogen and oxygen atoms in total. The van der Waals surface area contributed by atoms with Crippen molar-refractivity contribution in [3.8, 4) is 5.75 Å². The normalized spacial score (nSPS) is 30.2.